The molecule has 4 nitrogen and oxygen atoms in total. The first-order chi connectivity index (χ1) is 8.65. The van der Waals surface area contributed by atoms with Crippen LogP contribution in [0.3, 0.4) is 0 Å². The van der Waals surface area contributed by atoms with Crippen LogP contribution in [-0.4, -0.2) is 54.6 Å². The molecule has 2 fully saturated rings. The van der Waals surface area contributed by atoms with E-state index in [4.69, 9.17) is 0 Å². The van der Waals surface area contributed by atoms with Crippen LogP contribution >= 0.6 is 0 Å². The monoisotopic (exact) mass is 253 g/mol. The number of nitrogens with one attached hydrogen (secondary N) is 1. The van der Waals surface area contributed by atoms with Crippen LogP contribution in [0.15, 0.2) is 0 Å². The lowest BCUT2D eigenvalue weighted by Crippen LogP contribution is -2.42. The second-order valence-electron chi connectivity index (χ2n) is 5.79. The topological polar surface area (TPSA) is 35.6 Å². The smallest absolute Gasteiger partial charge is 0.241 e. The summed E-state index contributed by atoms with van der Waals surface area (Å²) in [4.78, 5) is 16.8. The molecule has 0 aromatic heterocycles. The zero-order chi connectivity index (χ0) is 13.1. The maximum atomic E-state index is 12.3. The number of nitrogens with zero attached hydrogens (tertiary/aromatic N) is 2. The molecule has 2 saturated heterocycles. The summed E-state index contributed by atoms with van der Waals surface area (Å²) < 4.78 is 0. The lowest BCUT2D eigenvalue weighted by molar-refractivity contribution is -0.130. The third kappa shape index (κ3) is 2.86. The van der Waals surface area contributed by atoms with Gasteiger partial charge in [-0.15, -0.1) is 0 Å². The molecule has 18 heavy (non-hydrogen) atoms. The van der Waals surface area contributed by atoms with Gasteiger partial charge in [0.15, 0.2) is 0 Å². The molecule has 0 aromatic rings. The van der Waals surface area contributed by atoms with Crippen LogP contribution in [0.25, 0.3) is 0 Å². The van der Waals surface area contributed by atoms with Gasteiger partial charge in [0.25, 0.3) is 0 Å². The maximum absolute atomic E-state index is 12.3. The van der Waals surface area contributed by atoms with Crippen molar-refractivity contribution in [1.29, 1.82) is 0 Å². The number of rotatable bonds is 4. The molecular weight excluding hydrogens is 226 g/mol. The average molecular weight is 253 g/mol. The summed E-state index contributed by atoms with van der Waals surface area (Å²) in [7, 11) is 2.18. The van der Waals surface area contributed by atoms with Crippen molar-refractivity contribution in [3.8, 4) is 0 Å². The Morgan fingerprint density at radius 2 is 1.89 bits per heavy atom. The van der Waals surface area contributed by atoms with Gasteiger partial charge in [-0.25, -0.2) is 0 Å². The summed E-state index contributed by atoms with van der Waals surface area (Å²) >= 11 is 0. The molecule has 1 N–H and O–H groups in total. The second kappa shape index (κ2) is 6.02. The second-order valence-corrected chi connectivity index (χ2v) is 5.79. The van der Waals surface area contributed by atoms with E-state index in [0.29, 0.717) is 11.8 Å². The highest BCUT2D eigenvalue weighted by Crippen LogP contribution is 2.22. The van der Waals surface area contributed by atoms with Crippen LogP contribution in [-0.2, 0) is 4.79 Å². The van der Waals surface area contributed by atoms with Crippen molar-refractivity contribution in [2.45, 2.75) is 51.7 Å². The molecule has 2 unspecified atom stereocenters. The molecule has 0 spiro atoms. The fourth-order valence-corrected chi connectivity index (χ4v) is 3.12. The fraction of sp³-hybridized carbons (Fsp3) is 0.929. The van der Waals surface area contributed by atoms with Gasteiger partial charge >= 0.3 is 0 Å². The number of carbonyl (C=O) groups is 1. The molecule has 2 atom stereocenters. The molecule has 104 valence electrons. The van der Waals surface area contributed by atoms with E-state index in [2.05, 4.69) is 36.0 Å². The largest absolute Gasteiger partial charge is 0.326 e. The van der Waals surface area contributed by atoms with Crippen LogP contribution in [0.4, 0.5) is 0 Å². The third-order valence-corrected chi connectivity index (χ3v) is 4.44. The summed E-state index contributed by atoms with van der Waals surface area (Å²) in [6.45, 7) is 7.54. The molecule has 2 rings (SSSR count). The first-order valence-electron chi connectivity index (χ1n) is 7.40. The normalized spacial score (nSPS) is 31.3. The molecule has 2 aliphatic rings. The van der Waals surface area contributed by atoms with Gasteiger partial charge in [0.05, 0.1) is 12.2 Å². The number of carbonyl (C=O) groups excluding carboxylic acids is 1. The Morgan fingerprint density at radius 3 is 2.44 bits per heavy atom. The van der Waals surface area contributed by atoms with Crippen molar-refractivity contribution in [3.63, 3.8) is 0 Å². The van der Waals surface area contributed by atoms with E-state index in [1.54, 1.807) is 0 Å². The predicted molar refractivity (Wildman–Crippen MR) is 73.2 cm³/mol. The van der Waals surface area contributed by atoms with Gasteiger partial charge in [0.1, 0.15) is 0 Å². The zero-order valence-electron chi connectivity index (χ0n) is 12.0. The molecule has 2 heterocycles. The fourth-order valence-electron chi connectivity index (χ4n) is 3.12. The Labute approximate surface area is 111 Å². The van der Waals surface area contributed by atoms with E-state index in [-0.39, 0.29) is 12.2 Å². The van der Waals surface area contributed by atoms with Crippen molar-refractivity contribution in [3.05, 3.63) is 0 Å². The molecule has 0 radical (unpaired) electrons. The molecule has 0 saturated carbocycles. The molecular formula is C14H27N3O. The van der Waals surface area contributed by atoms with E-state index < -0.39 is 0 Å². The van der Waals surface area contributed by atoms with Crippen LogP contribution in [0.2, 0.25) is 0 Å². The van der Waals surface area contributed by atoms with Gasteiger partial charge in [-0.1, -0.05) is 13.8 Å². The highest BCUT2D eigenvalue weighted by atomic mass is 16.2. The lowest BCUT2D eigenvalue weighted by Gasteiger charge is -2.33. The SMILES string of the molecule is CCC1NC(CC)N(CC2CCN(C)CC2)C1=O. The van der Waals surface area contributed by atoms with Crippen molar-refractivity contribution in [1.82, 2.24) is 15.1 Å². The summed E-state index contributed by atoms with van der Waals surface area (Å²) in [5, 5.41) is 3.45. The van der Waals surface area contributed by atoms with Crippen molar-refractivity contribution >= 4 is 5.91 Å². The minimum absolute atomic E-state index is 0.0567. The Kier molecular flexibility index (Phi) is 4.62. The van der Waals surface area contributed by atoms with Crippen LogP contribution < -0.4 is 5.32 Å². The van der Waals surface area contributed by atoms with Crippen LogP contribution in [0.1, 0.15) is 39.5 Å². The van der Waals surface area contributed by atoms with E-state index in [9.17, 15) is 4.79 Å². The zero-order valence-corrected chi connectivity index (χ0v) is 12.0. The van der Waals surface area contributed by atoms with Crippen molar-refractivity contribution < 1.29 is 4.79 Å². The Hall–Kier alpha value is -0.610. The Bertz CT molecular complexity index is 287. The van der Waals surface area contributed by atoms with Crippen molar-refractivity contribution in [2.75, 3.05) is 26.7 Å². The van der Waals surface area contributed by atoms with Crippen molar-refractivity contribution in [2.24, 2.45) is 5.92 Å². The van der Waals surface area contributed by atoms with E-state index in [0.717, 1.165) is 19.4 Å². The van der Waals surface area contributed by atoms with Gasteiger partial charge in [0, 0.05) is 6.54 Å². The van der Waals surface area contributed by atoms with Crippen LogP contribution in [0, 0.1) is 5.92 Å². The summed E-state index contributed by atoms with van der Waals surface area (Å²) in [6, 6.07) is 0.0567. The number of piperidine rings is 1. The number of hydrogen-bond acceptors (Lipinski definition) is 3. The third-order valence-electron chi connectivity index (χ3n) is 4.44. The van der Waals surface area contributed by atoms with Gasteiger partial charge in [-0.05, 0) is 51.7 Å². The number of hydrogen-bond donors (Lipinski definition) is 1. The van der Waals surface area contributed by atoms with Gasteiger partial charge in [-0.3, -0.25) is 10.1 Å². The van der Waals surface area contributed by atoms with E-state index >= 15 is 0 Å². The molecule has 2 aliphatic heterocycles. The summed E-state index contributed by atoms with van der Waals surface area (Å²) in [6.07, 6.45) is 4.64. The first kappa shape index (κ1) is 13.8. The molecule has 0 aliphatic carbocycles. The van der Waals surface area contributed by atoms with Gasteiger partial charge in [0.2, 0.25) is 5.91 Å². The standard InChI is InChI=1S/C14H27N3O/c1-4-12-14(18)17(13(5-2)15-12)10-11-6-8-16(3)9-7-11/h11-13,15H,4-10H2,1-3H3. The van der Waals surface area contributed by atoms with E-state index in [1.165, 1.54) is 25.9 Å². The number of likely N-dealkylation sites (tertiary alicyclic amines) is 1. The summed E-state index contributed by atoms with van der Waals surface area (Å²) in [5.74, 6) is 1.01. The van der Waals surface area contributed by atoms with Gasteiger partial charge < -0.3 is 9.80 Å². The molecule has 1 amide bonds. The quantitative estimate of drug-likeness (QED) is 0.819. The number of amides is 1. The molecule has 0 aromatic carbocycles. The average Bonchev–Trinajstić information content (AvgIpc) is 2.69. The molecule has 0 bridgehead atoms. The highest BCUT2D eigenvalue weighted by Gasteiger charge is 2.37. The maximum Gasteiger partial charge on any atom is 0.241 e. The lowest BCUT2D eigenvalue weighted by atomic mass is 9.96. The van der Waals surface area contributed by atoms with Crippen LogP contribution in [0.5, 0.6) is 0 Å². The molecule has 4 heteroatoms. The Morgan fingerprint density at radius 1 is 1.22 bits per heavy atom. The minimum Gasteiger partial charge on any atom is -0.326 e. The highest BCUT2D eigenvalue weighted by molar-refractivity contribution is 5.84. The Balaban J connectivity index is 1.92. The van der Waals surface area contributed by atoms with E-state index in [1.807, 2.05) is 0 Å². The first-order valence-corrected chi connectivity index (χ1v) is 7.40. The summed E-state index contributed by atoms with van der Waals surface area (Å²) in [5.41, 5.74) is 0. The van der Waals surface area contributed by atoms with Gasteiger partial charge in [-0.2, -0.15) is 0 Å². The predicted octanol–water partition coefficient (Wildman–Crippen LogP) is 1.27. The minimum atomic E-state index is 0.0567.